The van der Waals surface area contributed by atoms with Gasteiger partial charge in [0, 0.05) is 12.1 Å². The molecule has 0 atom stereocenters. The van der Waals surface area contributed by atoms with E-state index in [1.807, 2.05) is 6.08 Å². The molecule has 0 aromatic heterocycles. The number of halogens is 3. The van der Waals surface area contributed by atoms with Crippen molar-refractivity contribution in [3.05, 3.63) is 31.3 Å². The second-order valence-electron chi connectivity index (χ2n) is 3.57. The smallest absolute Gasteiger partial charge is 0.147 e. The Kier molecular flexibility index (Phi) is 4.47. The van der Waals surface area contributed by atoms with Crippen molar-refractivity contribution >= 4 is 53.5 Å². The zero-order valence-electron chi connectivity index (χ0n) is 9.23. The summed E-state index contributed by atoms with van der Waals surface area (Å²) in [5.41, 5.74) is 0.918. The summed E-state index contributed by atoms with van der Waals surface area (Å²) in [4.78, 5) is 0. The Bertz CT molecular complexity index is 512. The molecule has 2 rings (SSSR count). The Morgan fingerprint density at radius 1 is 1.29 bits per heavy atom. The molecule has 0 amide bonds. The molecule has 0 aliphatic carbocycles. The summed E-state index contributed by atoms with van der Waals surface area (Å²) < 4.78 is 2.25. The first-order valence-electron chi connectivity index (χ1n) is 5.24. The molecule has 0 saturated heterocycles. The van der Waals surface area contributed by atoms with Gasteiger partial charge in [-0.1, -0.05) is 63.0 Å². The van der Waals surface area contributed by atoms with Gasteiger partial charge in [0.05, 0.1) is 13.6 Å². The van der Waals surface area contributed by atoms with E-state index in [9.17, 15) is 5.11 Å². The van der Waals surface area contributed by atoms with E-state index in [-0.39, 0.29) is 5.75 Å². The van der Waals surface area contributed by atoms with Crippen LogP contribution in [0.1, 0.15) is 12.5 Å². The van der Waals surface area contributed by atoms with Crippen molar-refractivity contribution in [2.45, 2.75) is 6.92 Å². The Morgan fingerprint density at radius 3 is 2.76 bits per heavy atom. The Hall–Kier alpha value is -0.100. The summed E-state index contributed by atoms with van der Waals surface area (Å²) in [6.45, 7) is 3.88. The molecule has 1 aliphatic rings. The highest BCUT2D eigenvalue weighted by Gasteiger charge is 2.16. The zero-order chi connectivity index (χ0) is 12.4. The molecular weight excluding hydrogens is 372 g/mol. The van der Waals surface area contributed by atoms with E-state index in [1.54, 1.807) is 6.07 Å². The van der Waals surface area contributed by atoms with Crippen LogP contribution in [0.15, 0.2) is 12.1 Å². The van der Waals surface area contributed by atoms with Gasteiger partial charge in [0.15, 0.2) is 0 Å². The van der Waals surface area contributed by atoms with Crippen LogP contribution in [-0.2, 0) is 0 Å². The van der Waals surface area contributed by atoms with Crippen molar-refractivity contribution in [3.63, 3.8) is 0 Å². The number of hydrogen-bond acceptors (Lipinski definition) is 2. The van der Waals surface area contributed by atoms with E-state index in [4.69, 9.17) is 23.2 Å². The summed E-state index contributed by atoms with van der Waals surface area (Å²) in [5, 5.41) is 14.2. The molecule has 1 heterocycles. The van der Waals surface area contributed by atoms with E-state index in [1.165, 1.54) is 3.51 Å². The van der Waals surface area contributed by atoms with Crippen LogP contribution in [0, 0.1) is 3.57 Å². The molecule has 1 aromatic carbocycles. The van der Waals surface area contributed by atoms with Gasteiger partial charge in [0.25, 0.3) is 0 Å². The van der Waals surface area contributed by atoms with Gasteiger partial charge in [-0.2, -0.15) is 0 Å². The first-order valence-corrected chi connectivity index (χ1v) is 8.15. The minimum atomic E-state index is -0.390. The van der Waals surface area contributed by atoms with Crippen molar-refractivity contribution in [2.75, 3.05) is 13.1 Å². The highest BCUT2D eigenvalue weighted by atomic mass is 127. The SMILES string of the molecule is CCNCC1=Ic2c(O)c(Cl)cc(Cl)c2C=C1. The quantitative estimate of drug-likeness (QED) is 0.781. The number of hydrogen-bond donors (Lipinski definition) is 2. The summed E-state index contributed by atoms with van der Waals surface area (Å²) in [5.74, 6) is 0.192. The van der Waals surface area contributed by atoms with Gasteiger partial charge in [-0.25, -0.2) is 0 Å². The minimum Gasteiger partial charge on any atom is -0.505 e. The van der Waals surface area contributed by atoms with Crippen molar-refractivity contribution < 1.29 is 5.11 Å². The standard InChI is InChI=1S/C12H12Cl2INO/c1-2-16-6-7-3-4-8-9(13)5-10(14)12(17)11(8)15-7/h3-5,16-17H,2,6H2,1H3. The number of benzene rings is 1. The van der Waals surface area contributed by atoms with Crippen LogP contribution in [-0.4, -0.2) is 21.7 Å². The van der Waals surface area contributed by atoms with E-state index >= 15 is 0 Å². The second-order valence-corrected chi connectivity index (χ2v) is 7.39. The molecule has 0 spiro atoms. The number of aromatic hydroxyl groups is 1. The molecule has 0 saturated carbocycles. The van der Waals surface area contributed by atoms with Gasteiger partial charge in [-0.05, 0) is 16.1 Å². The number of phenolic OH excluding ortho intramolecular Hbond substituents is 1. The maximum Gasteiger partial charge on any atom is 0.147 e. The lowest BCUT2D eigenvalue weighted by atomic mass is 10.2. The average molecular weight is 384 g/mol. The zero-order valence-corrected chi connectivity index (χ0v) is 12.9. The topological polar surface area (TPSA) is 32.3 Å². The van der Waals surface area contributed by atoms with Crippen molar-refractivity contribution in [1.29, 1.82) is 0 Å². The normalized spacial score (nSPS) is 13.9. The van der Waals surface area contributed by atoms with Gasteiger partial charge < -0.3 is 10.4 Å². The second kappa shape index (κ2) is 5.69. The monoisotopic (exact) mass is 383 g/mol. The van der Waals surface area contributed by atoms with E-state index in [0.29, 0.717) is 10.0 Å². The van der Waals surface area contributed by atoms with Crippen LogP contribution in [0.25, 0.3) is 6.08 Å². The van der Waals surface area contributed by atoms with Crippen molar-refractivity contribution in [1.82, 2.24) is 5.32 Å². The first-order chi connectivity index (χ1) is 8.13. The maximum atomic E-state index is 9.98. The third-order valence-electron chi connectivity index (χ3n) is 2.37. The lowest BCUT2D eigenvalue weighted by molar-refractivity contribution is 0.471. The van der Waals surface area contributed by atoms with Crippen LogP contribution in [0.2, 0.25) is 10.0 Å². The lowest BCUT2D eigenvalue weighted by Gasteiger charge is -2.14. The molecule has 1 aromatic rings. The lowest BCUT2D eigenvalue weighted by Crippen LogP contribution is -2.20. The third kappa shape index (κ3) is 2.84. The minimum absolute atomic E-state index is 0.192. The van der Waals surface area contributed by atoms with Crippen molar-refractivity contribution in [3.8, 4) is 5.75 Å². The van der Waals surface area contributed by atoms with Crippen molar-refractivity contribution in [2.24, 2.45) is 0 Å². The number of phenols is 1. The number of fused-ring (bicyclic) bond motifs is 1. The van der Waals surface area contributed by atoms with Gasteiger partial charge in [0.2, 0.25) is 0 Å². The molecule has 1 aliphatic heterocycles. The fourth-order valence-corrected chi connectivity index (χ4v) is 5.17. The molecule has 5 heteroatoms. The van der Waals surface area contributed by atoms with Gasteiger partial charge >= 0.3 is 0 Å². The molecule has 92 valence electrons. The predicted molar refractivity (Wildman–Crippen MR) is 83.4 cm³/mol. The van der Waals surface area contributed by atoms with E-state index < -0.39 is 20.7 Å². The molecule has 17 heavy (non-hydrogen) atoms. The average Bonchev–Trinajstić information content (AvgIpc) is 2.33. The highest BCUT2D eigenvalue weighted by molar-refractivity contribution is 14.2. The molecule has 0 bridgehead atoms. The van der Waals surface area contributed by atoms with Crippen LogP contribution >= 0.6 is 43.9 Å². The third-order valence-corrected chi connectivity index (χ3v) is 6.04. The van der Waals surface area contributed by atoms with E-state index in [0.717, 1.165) is 22.2 Å². The maximum absolute atomic E-state index is 9.98. The Morgan fingerprint density at radius 2 is 2.06 bits per heavy atom. The summed E-state index contributed by atoms with van der Waals surface area (Å²) >= 11 is 11.7. The molecule has 0 fully saturated rings. The van der Waals surface area contributed by atoms with Crippen LogP contribution in [0.5, 0.6) is 5.75 Å². The fourth-order valence-electron chi connectivity index (χ4n) is 1.51. The highest BCUT2D eigenvalue weighted by Crippen LogP contribution is 2.41. The molecular formula is C12H12Cl2INO. The molecule has 2 N–H and O–H groups in total. The molecule has 0 radical (unpaired) electrons. The predicted octanol–water partition coefficient (Wildman–Crippen LogP) is 3.65. The van der Waals surface area contributed by atoms with Crippen LogP contribution < -0.4 is 5.32 Å². The summed E-state index contributed by atoms with van der Waals surface area (Å²) in [6, 6.07) is 1.60. The largest absolute Gasteiger partial charge is 0.505 e. The fraction of sp³-hybridized carbons (Fsp3) is 0.250. The number of rotatable bonds is 3. The van der Waals surface area contributed by atoms with Crippen LogP contribution in [0.4, 0.5) is 0 Å². The van der Waals surface area contributed by atoms with Gasteiger partial charge in [0.1, 0.15) is 5.75 Å². The first kappa shape index (κ1) is 13.3. The Labute approximate surface area is 120 Å². The number of nitrogens with one attached hydrogen (secondary N) is 1. The summed E-state index contributed by atoms with van der Waals surface area (Å²) in [6.07, 6.45) is 4.06. The van der Waals surface area contributed by atoms with E-state index in [2.05, 4.69) is 18.3 Å². The summed E-state index contributed by atoms with van der Waals surface area (Å²) in [7, 11) is 0. The van der Waals surface area contributed by atoms with Crippen LogP contribution in [0.3, 0.4) is 0 Å². The molecule has 2 nitrogen and oxygen atoms in total. The molecule has 0 unspecified atom stereocenters. The van der Waals surface area contributed by atoms with Gasteiger partial charge in [-0.15, -0.1) is 0 Å². The Balaban J connectivity index is 2.44. The van der Waals surface area contributed by atoms with Gasteiger partial charge in [-0.3, -0.25) is 0 Å².